The number of nitrogens with zero attached hydrogens (tertiary/aromatic N) is 2. The Hall–Kier alpha value is -1.86. The number of aryl methyl sites for hydroxylation is 1. The van der Waals surface area contributed by atoms with E-state index in [0.717, 1.165) is 5.56 Å². The summed E-state index contributed by atoms with van der Waals surface area (Å²) >= 11 is 6.02. The second-order valence-electron chi connectivity index (χ2n) is 4.31. The number of hydrogen-bond donors (Lipinski definition) is 2. The monoisotopic (exact) mass is 326 g/mol. The summed E-state index contributed by atoms with van der Waals surface area (Å²) in [5.74, 6) is 0.733. The van der Waals surface area contributed by atoms with Crippen LogP contribution in [-0.4, -0.2) is 24.9 Å². The Morgan fingerprint density at radius 2 is 2.05 bits per heavy atom. The molecule has 0 amide bonds. The minimum atomic E-state index is -3.78. The zero-order valence-electron chi connectivity index (χ0n) is 11.6. The summed E-state index contributed by atoms with van der Waals surface area (Å²) in [6, 6.07) is 4.86. The minimum Gasteiger partial charge on any atom is -0.369 e. The summed E-state index contributed by atoms with van der Waals surface area (Å²) in [5, 5.41) is 3.19. The van der Waals surface area contributed by atoms with Crippen molar-refractivity contribution in [1.82, 2.24) is 9.97 Å². The van der Waals surface area contributed by atoms with Gasteiger partial charge in [0.25, 0.3) is 10.0 Å². The minimum absolute atomic E-state index is 0.0146. The van der Waals surface area contributed by atoms with E-state index in [1.54, 1.807) is 19.1 Å². The quantitative estimate of drug-likeness (QED) is 0.882. The molecule has 0 radical (unpaired) electrons. The molecule has 0 spiro atoms. The van der Waals surface area contributed by atoms with Crippen LogP contribution in [0.5, 0.6) is 0 Å². The second-order valence-corrected chi connectivity index (χ2v) is 6.40. The van der Waals surface area contributed by atoms with Gasteiger partial charge in [0.1, 0.15) is 16.5 Å². The molecule has 2 heterocycles. The van der Waals surface area contributed by atoms with Crippen LogP contribution in [0.2, 0.25) is 5.02 Å². The fourth-order valence-electron chi connectivity index (χ4n) is 1.64. The van der Waals surface area contributed by atoms with Gasteiger partial charge in [-0.25, -0.2) is 18.4 Å². The highest BCUT2D eigenvalue weighted by Crippen LogP contribution is 2.24. The van der Waals surface area contributed by atoms with Crippen molar-refractivity contribution in [3.8, 4) is 0 Å². The Bertz CT molecular complexity index is 750. The average Bonchev–Trinajstić information content (AvgIpc) is 2.43. The topological polar surface area (TPSA) is 84.0 Å². The van der Waals surface area contributed by atoms with Crippen molar-refractivity contribution < 1.29 is 8.42 Å². The average molecular weight is 327 g/mol. The van der Waals surface area contributed by atoms with Crippen LogP contribution in [0.15, 0.2) is 35.5 Å². The summed E-state index contributed by atoms with van der Waals surface area (Å²) in [6.45, 7) is 4.31. The van der Waals surface area contributed by atoms with Crippen molar-refractivity contribution in [3.63, 3.8) is 0 Å². The third kappa shape index (κ3) is 3.62. The van der Waals surface area contributed by atoms with Crippen LogP contribution in [0.25, 0.3) is 0 Å². The zero-order valence-corrected chi connectivity index (χ0v) is 13.2. The smallest absolute Gasteiger partial charge is 0.264 e. The third-order valence-corrected chi connectivity index (χ3v) is 4.31. The predicted molar refractivity (Wildman–Crippen MR) is 83.2 cm³/mol. The standard InChI is InChI=1S/C13H15ClN4O2S/c1-3-15-13-11(14)7-10(8-17-13)21(19,20)18-12-9(2)5-4-6-16-12/h4-8H,3H2,1-2H3,(H,15,17)(H,16,18). The van der Waals surface area contributed by atoms with Crippen molar-refractivity contribution in [2.24, 2.45) is 0 Å². The van der Waals surface area contributed by atoms with Gasteiger partial charge in [-0.1, -0.05) is 17.7 Å². The van der Waals surface area contributed by atoms with E-state index in [2.05, 4.69) is 20.0 Å². The van der Waals surface area contributed by atoms with Crippen LogP contribution in [0.3, 0.4) is 0 Å². The summed E-state index contributed by atoms with van der Waals surface area (Å²) < 4.78 is 27.0. The fourth-order valence-corrected chi connectivity index (χ4v) is 2.99. The lowest BCUT2D eigenvalue weighted by atomic mass is 10.3. The van der Waals surface area contributed by atoms with Gasteiger partial charge >= 0.3 is 0 Å². The first-order valence-electron chi connectivity index (χ1n) is 6.28. The van der Waals surface area contributed by atoms with Crippen LogP contribution in [0.4, 0.5) is 11.6 Å². The molecule has 0 unspecified atom stereocenters. The molecule has 0 fully saturated rings. The van der Waals surface area contributed by atoms with Crippen molar-refractivity contribution in [2.75, 3.05) is 16.6 Å². The van der Waals surface area contributed by atoms with E-state index in [0.29, 0.717) is 12.4 Å². The molecule has 21 heavy (non-hydrogen) atoms. The van der Waals surface area contributed by atoms with Gasteiger partial charge in [0.15, 0.2) is 0 Å². The highest BCUT2D eigenvalue weighted by Gasteiger charge is 2.18. The number of halogens is 1. The highest BCUT2D eigenvalue weighted by molar-refractivity contribution is 7.92. The number of sulfonamides is 1. The molecular formula is C13H15ClN4O2S. The Morgan fingerprint density at radius 3 is 2.67 bits per heavy atom. The molecular weight excluding hydrogens is 312 g/mol. The number of pyridine rings is 2. The summed E-state index contributed by atoms with van der Waals surface area (Å²) in [5.41, 5.74) is 0.726. The molecule has 2 aromatic rings. The van der Waals surface area contributed by atoms with E-state index in [4.69, 9.17) is 11.6 Å². The van der Waals surface area contributed by atoms with E-state index in [-0.39, 0.29) is 15.7 Å². The summed E-state index contributed by atoms with van der Waals surface area (Å²) in [4.78, 5) is 8.00. The Morgan fingerprint density at radius 1 is 1.29 bits per heavy atom. The predicted octanol–water partition coefficient (Wildman–Crippen LogP) is 2.67. The SMILES string of the molecule is CCNc1ncc(S(=O)(=O)Nc2ncccc2C)cc1Cl. The van der Waals surface area contributed by atoms with Crippen LogP contribution >= 0.6 is 11.6 Å². The first-order valence-corrected chi connectivity index (χ1v) is 8.14. The number of anilines is 2. The van der Waals surface area contributed by atoms with E-state index in [1.165, 1.54) is 18.5 Å². The van der Waals surface area contributed by atoms with Gasteiger partial charge in [-0.2, -0.15) is 0 Å². The number of aromatic nitrogens is 2. The van der Waals surface area contributed by atoms with Crippen molar-refractivity contribution in [3.05, 3.63) is 41.2 Å². The van der Waals surface area contributed by atoms with Gasteiger partial charge in [0.05, 0.1) is 5.02 Å². The Kier molecular flexibility index (Phi) is 4.64. The maximum atomic E-state index is 12.3. The van der Waals surface area contributed by atoms with Gasteiger partial charge < -0.3 is 5.32 Å². The van der Waals surface area contributed by atoms with Gasteiger partial charge in [-0.3, -0.25) is 4.72 Å². The molecule has 2 aromatic heterocycles. The lowest BCUT2D eigenvalue weighted by Crippen LogP contribution is -2.15. The van der Waals surface area contributed by atoms with Crippen LogP contribution in [0, 0.1) is 6.92 Å². The molecule has 2 N–H and O–H groups in total. The summed E-state index contributed by atoms with van der Waals surface area (Å²) in [7, 11) is -3.78. The molecule has 0 aliphatic carbocycles. The van der Waals surface area contributed by atoms with Crippen molar-refractivity contribution >= 4 is 33.3 Å². The molecule has 2 rings (SSSR count). The Labute approximate surface area is 128 Å². The van der Waals surface area contributed by atoms with Crippen LogP contribution in [-0.2, 0) is 10.0 Å². The zero-order chi connectivity index (χ0) is 15.5. The van der Waals surface area contributed by atoms with E-state index >= 15 is 0 Å². The first-order chi connectivity index (χ1) is 9.94. The van der Waals surface area contributed by atoms with Crippen molar-refractivity contribution in [1.29, 1.82) is 0 Å². The molecule has 0 aliphatic rings. The van der Waals surface area contributed by atoms with E-state index < -0.39 is 10.0 Å². The largest absolute Gasteiger partial charge is 0.369 e. The van der Waals surface area contributed by atoms with Gasteiger partial charge in [0.2, 0.25) is 0 Å². The lowest BCUT2D eigenvalue weighted by molar-refractivity contribution is 0.600. The molecule has 0 atom stereocenters. The van der Waals surface area contributed by atoms with Gasteiger partial charge in [-0.05, 0) is 31.5 Å². The normalized spacial score (nSPS) is 11.2. The Balaban J connectivity index is 2.32. The van der Waals surface area contributed by atoms with E-state index in [9.17, 15) is 8.42 Å². The molecule has 0 saturated carbocycles. The molecule has 0 aliphatic heterocycles. The third-order valence-electron chi connectivity index (χ3n) is 2.71. The van der Waals surface area contributed by atoms with E-state index in [1.807, 2.05) is 6.92 Å². The molecule has 0 aromatic carbocycles. The fraction of sp³-hybridized carbons (Fsp3) is 0.231. The lowest BCUT2D eigenvalue weighted by Gasteiger charge is -2.10. The second kappa shape index (κ2) is 6.28. The number of hydrogen-bond acceptors (Lipinski definition) is 5. The van der Waals surface area contributed by atoms with Gasteiger partial charge in [-0.15, -0.1) is 0 Å². The molecule has 0 saturated heterocycles. The van der Waals surface area contributed by atoms with Gasteiger partial charge in [0, 0.05) is 18.9 Å². The van der Waals surface area contributed by atoms with Crippen LogP contribution < -0.4 is 10.0 Å². The van der Waals surface area contributed by atoms with Crippen molar-refractivity contribution in [2.45, 2.75) is 18.7 Å². The maximum Gasteiger partial charge on any atom is 0.264 e. The molecule has 6 nitrogen and oxygen atoms in total. The molecule has 112 valence electrons. The first kappa shape index (κ1) is 15.5. The number of rotatable bonds is 5. The molecule has 8 heteroatoms. The van der Waals surface area contributed by atoms with Crippen LogP contribution in [0.1, 0.15) is 12.5 Å². The summed E-state index contributed by atoms with van der Waals surface area (Å²) in [6.07, 6.45) is 2.77. The maximum absolute atomic E-state index is 12.3. The highest BCUT2D eigenvalue weighted by atomic mass is 35.5. The molecule has 0 bridgehead atoms. The number of nitrogens with one attached hydrogen (secondary N) is 2.